The number of carbonyl (C=O) groups is 4. The number of benzene rings is 3. The number of nitrogens with one attached hydrogen (secondary N) is 4. The Kier molecular flexibility index (Phi) is 12.9. The summed E-state index contributed by atoms with van der Waals surface area (Å²) in [7, 11) is 1.30. The fourth-order valence-corrected chi connectivity index (χ4v) is 9.67. The molecular weight excluding hydrogens is 825 g/mol. The average Bonchev–Trinajstić information content (AvgIpc) is 4.15. The van der Waals surface area contributed by atoms with Crippen molar-refractivity contribution >= 4 is 35.0 Å². The molecule has 0 saturated carbocycles. The molecule has 4 N–H and O–H groups in total. The van der Waals surface area contributed by atoms with Crippen molar-refractivity contribution < 1.29 is 33.4 Å². The Morgan fingerprint density at radius 2 is 1.46 bits per heavy atom. The number of methoxy groups -OCH3 is 1. The van der Waals surface area contributed by atoms with Crippen LogP contribution in [-0.2, 0) is 36.6 Å². The third kappa shape index (κ3) is 9.45. The van der Waals surface area contributed by atoms with Crippen LogP contribution in [0.4, 0.5) is 9.59 Å². The van der Waals surface area contributed by atoms with E-state index in [0.29, 0.717) is 50.5 Å². The van der Waals surface area contributed by atoms with E-state index in [1.54, 1.807) is 0 Å². The fourth-order valence-electron chi connectivity index (χ4n) is 9.67. The molecule has 3 fully saturated rings. The molecule has 4 atom stereocenters. The van der Waals surface area contributed by atoms with Gasteiger partial charge in [-0.05, 0) is 92.3 Å². The Bertz CT molecular complexity index is 2620. The minimum absolute atomic E-state index is 0.111. The van der Waals surface area contributed by atoms with Crippen LogP contribution in [0, 0.1) is 17.8 Å². The third-order valence-corrected chi connectivity index (χ3v) is 13.1. The standard InChI is InChI=1S/C50H56N8O7/c1-30(2)42(55-49(61)63-3)47(59)57-24-9-15-41(57)46-52-38-13-7-12-34-28-31(18-20-36(34)44(38)54-46)16-17-32-19-21-37-39(29-32)53-45(51-37)40-14-8-25-58(40)48(60)43(33-10-5-4-6-11-33)56-50(62)65-35-22-26-64-27-23-35/h4-6,10-11,18-21,28-30,35,40-43H,7-9,12-15,22-27H2,1-3H3,(H,51,53)(H,52,54)(H,55,61)(H,56,62)/t40-,41-,42-,43+/m0/s1. The lowest BCUT2D eigenvalue weighted by Gasteiger charge is -2.30. The van der Waals surface area contributed by atoms with Gasteiger partial charge in [-0.3, -0.25) is 9.59 Å². The molecule has 3 saturated heterocycles. The van der Waals surface area contributed by atoms with Gasteiger partial charge in [-0.2, -0.15) is 0 Å². The van der Waals surface area contributed by atoms with E-state index in [1.807, 2.05) is 78.2 Å². The van der Waals surface area contributed by atoms with Crippen LogP contribution in [0.1, 0.15) is 117 Å². The Morgan fingerprint density at radius 3 is 2.18 bits per heavy atom. The molecule has 5 aromatic rings. The molecule has 9 rings (SSSR count). The van der Waals surface area contributed by atoms with Crippen LogP contribution >= 0.6 is 0 Å². The highest BCUT2D eigenvalue weighted by Crippen LogP contribution is 2.38. The van der Waals surface area contributed by atoms with Crippen LogP contribution in [0.5, 0.6) is 0 Å². The van der Waals surface area contributed by atoms with E-state index in [0.717, 1.165) is 89.9 Å². The Morgan fingerprint density at radius 1 is 0.769 bits per heavy atom. The molecule has 0 bridgehead atoms. The van der Waals surface area contributed by atoms with Gasteiger partial charge in [-0.25, -0.2) is 19.6 Å². The van der Waals surface area contributed by atoms with E-state index in [-0.39, 0.29) is 35.9 Å². The van der Waals surface area contributed by atoms with E-state index >= 15 is 0 Å². The summed E-state index contributed by atoms with van der Waals surface area (Å²) < 4.78 is 15.9. The molecular formula is C50H56N8O7. The highest BCUT2D eigenvalue weighted by Gasteiger charge is 2.39. The number of fused-ring (bicyclic) bond motifs is 4. The first-order valence-corrected chi connectivity index (χ1v) is 22.9. The number of hydrogen-bond acceptors (Lipinski definition) is 9. The maximum Gasteiger partial charge on any atom is 0.408 e. The van der Waals surface area contributed by atoms with Gasteiger partial charge in [-0.15, -0.1) is 0 Å². The molecule has 1 aliphatic carbocycles. The highest BCUT2D eigenvalue weighted by atomic mass is 16.6. The van der Waals surface area contributed by atoms with Crippen molar-refractivity contribution in [2.45, 2.75) is 102 Å². The number of aromatic nitrogens is 4. The normalized spacial score (nSPS) is 19.4. The van der Waals surface area contributed by atoms with Crippen molar-refractivity contribution in [3.63, 3.8) is 0 Å². The van der Waals surface area contributed by atoms with Crippen molar-refractivity contribution in [1.82, 2.24) is 40.4 Å². The lowest BCUT2D eigenvalue weighted by Crippen LogP contribution is -2.51. The minimum atomic E-state index is -0.913. The summed E-state index contributed by atoms with van der Waals surface area (Å²) in [5.41, 5.74) is 8.30. The van der Waals surface area contributed by atoms with Crippen molar-refractivity contribution in [2.75, 3.05) is 33.4 Å². The molecule has 4 aliphatic rings. The zero-order valence-corrected chi connectivity index (χ0v) is 37.2. The zero-order valence-electron chi connectivity index (χ0n) is 37.2. The van der Waals surface area contributed by atoms with E-state index in [4.69, 9.17) is 24.2 Å². The van der Waals surface area contributed by atoms with Gasteiger partial charge in [0.15, 0.2) is 0 Å². The number of aryl methyl sites for hydroxylation is 2. The van der Waals surface area contributed by atoms with Gasteiger partial charge in [0, 0.05) is 42.6 Å². The van der Waals surface area contributed by atoms with Crippen molar-refractivity contribution in [1.29, 1.82) is 0 Å². The molecule has 0 spiro atoms. The van der Waals surface area contributed by atoms with Crippen LogP contribution in [0.3, 0.4) is 0 Å². The molecule has 15 heteroatoms. The maximum absolute atomic E-state index is 14.3. The quantitative estimate of drug-likeness (QED) is 0.111. The third-order valence-electron chi connectivity index (χ3n) is 13.1. The van der Waals surface area contributed by atoms with Crippen molar-refractivity contribution in [2.24, 2.45) is 5.92 Å². The Balaban J connectivity index is 0.899. The number of alkyl carbamates (subject to hydrolysis) is 2. The Labute approximate surface area is 378 Å². The van der Waals surface area contributed by atoms with E-state index in [2.05, 4.69) is 44.6 Å². The maximum atomic E-state index is 14.3. The zero-order chi connectivity index (χ0) is 45.0. The second kappa shape index (κ2) is 19.2. The summed E-state index contributed by atoms with van der Waals surface area (Å²) in [5, 5.41) is 5.60. The number of hydrogen-bond donors (Lipinski definition) is 4. The number of rotatable bonds is 9. The van der Waals surface area contributed by atoms with Crippen LogP contribution in [0.15, 0.2) is 66.7 Å². The smallest absolute Gasteiger partial charge is 0.408 e. The first kappa shape index (κ1) is 43.6. The van der Waals surface area contributed by atoms with Gasteiger partial charge in [0.1, 0.15) is 29.8 Å². The predicted molar refractivity (Wildman–Crippen MR) is 242 cm³/mol. The summed E-state index contributed by atoms with van der Waals surface area (Å²) in [6.07, 6.45) is 5.58. The van der Waals surface area contributed by atoms with Gasteiger partial charge < -0.3 is 44.6 Å². The lowest BCUT2D eigenvalue weighted by molar-refractivity contribution is -0.136. The SMILES string of the molecule is COC(=O)N[C@H](C(=O)N1CCC[C@H]1c1nc2c([nH]1)-c1ccc(C#Cc3ccc4nc([C@@H]5CCCN5C(=O)[C@H](NC(=O)OC5CCOCC5)c5ccccc5)[nH]c4c3)cc1CCC2)C(C)C. The number of nitrogens with zero attached hydrogens (tertiary/aromatic N) is 4. The number of amides is 4. The van der Waals surface area contributed by atoms with Gasteiger partial charge >= 0.3 is 12.2 Å². The predicted octanol–water partition coefficient (Wildman–Crippen LogP) is 7.20. The second-order valence-electron chi connectivity index (χ2n) is 17.7. The number of ether oxygens (including phenoxy) is 3. The van der Waals surface area contributed by atoms with Crippen molar-refractivity contribution in [3.05, 3.63) is 106 Å². The molecule has 0 unspecified atom stereocenters. The number of H-pyrrole nitrogens is 2. The average molecular weight is 881 g/mol. The molecule has 15 nitrogen and oxygen atoms in total. The van der Waals surface area contributed by atoms with Gasteiger partial charge in [0.2, 0.25) is 5.91 Å². The summed E-state index contributed by atoms with van der Waals surface area (Å²) >= 11 is 0. The van der Waals surface area contributed by atoms with Crippen LogP contribution < -0.4 is 10.6 Å². The molecule has 0 radical (unpaired) electrons. The topological polar surface area (TPSA) is 184 Å². The van der Waals surface area contributed by atoms with E-state index < -0.39 is 24.3 Å². The van der Waals surface area contributed by atoms with Crippen LogP contribution in [0.2, 0.25) is 0 Å². The molecule has 3 aliphatic heterocycles. The van der Waals surface area contributed by atoms with E-state index in [9.17, 15) is 19.2 Å². The molecule has 3 aromatic carbocycles. The summed E-state index contributed by atoms with van der Waals surface area (Å²) in [5.74, 6) is 7.76. The number of aromatic amines is 2. The first-order chi connectivity index (χ1) is 31.6. The molecule has 4 amide bonds. The molecule has 338 valence electrons. The van der Waals surface area contributed by atoms with Gasteiger partial charge in [0.05, 0.1) is 54.8 Å². The second-order valence-corrected chi connectivity index (χ2v) is 17.7. The van der Waals surface area contributed by atoms with Gasteiger partial charge in [0.25, 0.3) is 5.91 Å². The molecule has 65 heavy (non-hydrogen) atoms. The summed E-state index contributed by atoms with van der Waals surface area (Å²) in [4.78, 5) is 74.1. The Hall–Kier alpha value is -6.66. The molecule has 2 aromatic heterocycles. The van der Waals surface area contributed by atoms with Crippen LogP contribution in [0.25, 0.3) is 22.3 Å². The summed E-state index contributed by atoms with van der Waals surface area (Å²) in [6, 6.07) is 19.4. The monoisotopic (exact) mass is 880 g/mol. The fraction of sp³-hybridized carbons (Fsp3) is 0.440. The van der Waals surface area contributed by atoms with Gasteiger partial charge in [-0.1, -0.05) is 62.1 Å². The largest absolute Gasteiger partial charge is 0.453 e. The number of imidazole rings is 2. The van der Waals surface area contributed by atoms with E-state index in [1.165, 1.54) is 12.7 Å². The van der Waals surface area contributed by atoms with Crippen LogP contribution in [-0.4, -0.2) is 99.3 Å². The minimum Gasteiger partial charge on any atom is -0.453 e. The first-order valence-electron chi connectivity index (χ1n) is 22.9. The number of carbonyl (C=O) groups excluding carboxylic acids is 4. The number of likely N-dealkylation sites (tertiary alicyclic amines) is 2. The highest BCUT2D eigenvalue weighted by molar-refractivity contribution is 5.88. The summed E-state index contributed by atoms with van der Waals surface area (Å²) in [6.45, 7) is 6.05. The molecule has 5 heterocycles. The van der Waals surface area contributed by atoms with Crippen molar-refractivity contribution in [3.8, 4) is 23.1 Å². The lowest BCUT2D eigenvalue weighted by atomic mass is 9.99.